The lowest BCUT2D eigenvalue weighted by molar-refractivity contribution is 0.136. The van der Waals surface area contributed by atoms with Crippen molar-refractivity contribution < 1.29 is 8.42 Å². The number of nitrogens with two attached hydrogens (primary N) is 1. The molecule has 0 aromatic rings. The molecule has 0 aliphatic heterocycles. The second-order valence-corrected chi connectivity index (χ2v) is 7.59. The molecular formula is C11H24N2O2S. The van der Waals surface area contributed by atoms with Crippen LogP contribution in [0.1, 0.15) is 26.2 Å². The van der Waals surface area contributed by atoms with Gasteiger partial charge in [-0.1, -0.05) is 6.92 Å². The second kappa shape index (κ2) is 5.02. The molecule has 0 saturated heterocycles. The summed E-state index contributed by atoms with van der Waals surface area (Å²) in [6.45, 7) is 3.45. The summed E-state index contributed by atoms with van der Waals surface area (Å²) in [6.07, 6.45) is 4.66. The van der Waals surface area contributed by atoms with E-state index in [-0.39, 0.29) is 11.3 Å². The fourth-order valence-electron chi connectivity index (χ4n) is 2.60. The number of sulfone groups is 1. The van der Waals surface area contributed by atoms with Crippen molar-refractivity contribution in [2.24, 2.45) is 11.7 Å². The summed E-state index contributed by atoms with van der Waals surface area (Å²) in [5.74, 6) is 0.920. The Hall–Kier alpha value is -0.130. The molecule has 5 heteroatoms. The summed E-state index contributed by atoms with van der Waals surface area (Å²) in [5.41, 5.74) is 5.91. The minimum atomic E-state index is -2.88. The van der Waals surface area contributed by atoms with Crippen LogP contribution in [-0.4, -0.2) is 51.0 Å². The Bertz CT molecular complexity index is 329. The van der Waals surface area contributed by atoms with Crippen molar-refractivity contribution in [1.29, 1.82) is 0 Å². The van der Waals surface area contributed by atoms with Gasteiger partial charge in [-0.15, -0.1) is 0 Å². The molecule has 0 amide bonds. The summed E-state index contributed by atoms with van der Waals surface area (Å²) in [6, 6.07) is 0. The largest absolute Gasteiger partial charge is 0.329 e. The average Bonchev–Trinajstić information content (AvgIpc) is 2.56. The number of rotatable bonds is 5. The van der Waals surface area contributed by atoms with E-state index in [2.05, 4.69) is 11.8 Å². The highest BCUT2D eigenvalue weighted by Crippen LogP contribution is 2.37. The quantitative estimate of drug-likeness (QED) is 0.768. The highest BCUT2D eigenvalue weighted by atomic mass is 32.2. The van der Waals surface area contributed by atoms with Crippen molar-refractivity contribution in [1.82, 2.24) is 4.90 Å². The predicted molar refractivity (Wildman–Crippen MR) is 67.1 cm³/mol. The monoisotopic (exact) mass is 248 g/mol. The third-order valence-corrected chi connectivity index (χ3v) is 4.74. The first kappa shape index (κ1) is 13.9. The van der Waals surface area contributed by atoms with Crippen molar-refractivity contribution in [2.75, 3.05) is 32.1 Å². The number of hydrogen-bond donors (Lipinski definition) is 1. The van der Waals surface area contributed by atoms with Crippen LogP contribution >= 0.6 is 0 Å². The summed E-state index contributed by atoms with van der Waals surface area (Å²) in [7, 11) is -0.884. The van der Waals surface area contributed by atoms with Crippen LogP contribution in [0, 0.1) is 5.92 Å². The Morgan fingerprint density at radius 3 is 2.50 bits per heavy atom. The standard InChI is InChI=1S/C11H24N2O2S/c1-10-4-5-11(8-10,9-12)13(2)6-7-16(3,14)15/h10H,4-9,12H2,1-3H3. The lowest BCUT2D eigenvalue weighted by Gasteiger charge is -2.38. The van der Waals surface area contributed by atoms with Crippen LogP contribution in [0.4, 0.5) is 0 Å². The highest BCUT2D eigenvalue weighted by molar-refractivity contribution is 7.90. The third-order valence-electron chi connectivity index (χ3n) is 3.82. The van der Waals surface area contributed by atoms with Gasteiger partial charge in [0.15, 0.2) is 0 Å². The molecule has 0 spiro atoms. The molecule has 0 aromatic carbocycles. The molecule has 2 N–H and O–H groups in total. The Kier molecular flexibility index (Phi) is 4.37. The van der Waals surface area contributed by atoms with Gasteiger partial charge < -0.3 is 5.73 Å². The molecule has 1 aliphatic carbocycles. The molecule has 0 bridgehead atoms. The molecule has 0 aromatic heterocycles. The van der Waals surface area contributed by atoms with E-state index < -0.39 is 9.84 Å². The molecule has 1 fully saturated rings. The number of hydrogen-bond acceptors (Lipinski definition) is 4. The zero-order valence-corrected chi connectivity index (χ0v) is 11.4. The van der Waals surface area contributed by atoms with Gasteiger partial charge in [-0.3, -0.25) is 4.90 Å². The van der Waals surface area contributed by atoms with Crippen molar-refractivity contribution in [2.45, 2.75) is 31.7 Å². The Morgan fingerprint density at radius 2 is 2.12 bits per heavy atom. The molecule has 1 rings (SSSR count). The van der Waals surface area contributed by atoms with Gasteiger partial charge in [0.2, 0.25) is 0 Å². The average molecular weight is 248 g/mol. The topological polar surface area (TPSA) is 63.4 Å². The van der Waals surface area contributed by atoms with Crippen LogP contribution in [0.15, 0.2) is 0 Å². The Labute approximate surface area is 99.1 Å². The first-order valence-electron chi connectivity index (χ1n) is 5.88. The van der Waals surface area contributed by atoms with E-state index in [1.165, 1.54) is 12.7 Å². The molecule has 1 saturated carbocycles. The van der Waals surface area contributed by atoms with E-state index in [1.54, 1.807) is 0 Å². The summed E-state index contributed by atoms with van der Waals surface area (Å²) >= 11 is 0. The van der Waals surface area contributed by atoms with Crippen LogP contribution in [0.5, 0.6) is 0 Å². The van der Waals surface area contributed by atoms with E-state index in [0.29, 0.717) is 19.0 Å². The van der Waals surface area contributed by atoms with Crippen LogP contribution < -0.4 is 5.73 Å². The van der Waals surface area contributed by atoms with Crippen molar-refractivity contribution in [3.05, 3.63) is 0 Å². The minimum absolute atomic E-state index is 0.0319. The predicted octanol–water partition coefficient (Wildman–Crippen LogP) is 0.480. The smallest absolute Gasteiger partial charge is 0.148 e. The maximum atomic E-state index is 11.1. The molecule has 2 unspecified atom stereocenters. The maximum Gasteiger partial charge on any atom is 0.148 e. The van der Waals surface area contributed by atoms with Crippen molar-refractivity contribution >= 4 is 9.84 Å². The molecule has 16 heavy (non-hydrogen) atoms. The van der Waals surface area contributed by atoms with Gasteiger partial charge in [0.25, 0.3) is 0 Å². The highest BCUT2D eigenvalue weighted by Gasteiger charge is 2.39. The Morgan fingerprint density at radius 1 is 1.50 bits per heavy atom. The first-order chi connectivity index (χ1) is 7.29. The van der Waals surface area contributed by atoms with Crippen LogP contribution in [0.2, 0.25) is 0 Å². The van der Waals surface area contributed by atoms with Crippen molar-refractivity contribution in [3.63, 3.8) is 0 Å². The second-order valence-electron chi connectivity index (χ2n) is 5.33. The van der Waals surface area contributed by atoms with Gasteiger partial charge in [0, 0.05) is 24.9 Å². The molecule has 2 atom stereocenters. The number of nitrogens with zero attached hydrogens (tertiary/aromatic N) is 1. The number of likely N-dealkylation sites (N-methyl/N-ethyl adjacent to an activating group) is 1. The van der Waals surface area contributed by atoms with E-state index in [1.807, 2.05) is 7.05 Å². The Balaban J connectivity index is 2.60. The zero-order valence-electron chi connectivity index (χ0n) is 10.6. The van der Waals surface area contributed by atoms with E-state index in [4.69, 9.17) is 5.73 Å². The maximum absolute atomic E-state index is 11.1. The van der Waals surface area contributed by atoms with Gasteiger partial charge in [-0.2, -0.15) is 0 Å². The first-order valence-corrected chi connectivity index (χ1v) is 7.94. The van der Waals surface area contributed by atoms with Gasteiger partial charge in [0.05, 0.1) is 5.75 Å². The van der Waals surface area contributed by atoms with Crippen molar-refractivity contribution in [3.8, 4) is 0 Å². The van der Waals surface area contributed by atoms with E-state index in [0.717, 1.165) is 12.8 Å². The molecular weight excluding hydrogens is 224 g/mol. The van der Waals surface area contributed by atoms with Gasteiger partial charge >= 0.3 is 0 Å². The SMILES string of the molecule is CC1CCC(CN)(N(C)CCS(C)(=O)=O)C1. The summed E-state index contributed by atoms with van der Waals surface area (Å²) in [5, 5.41) is 0. The molecule has 96 valence electrons. The lowest BCUT2D eigenvalue weighted by Crippen LogP contribution is -2.51. The lowest BCUT2D eigenvalue weighted by atomic mass is 9.94. The van der Waals surface area contributed by atoms with E-state index >= 15 is 0 Å². The van der Waals surface area contributed by atoms with Crippen LogP contribution in [-0.2, 0) is 9.84 Å². The third kappa shape index (κ3) is 3.43. The van der Waals surface area contributed by atoms with Gasteiger partial charge in [-0.25, -0.2) is 8.42 Å². The summed E-state index contributed by atoms with van der Waals surface area (Å²) < 4.78 is 22.3. The normalized spacial score (nSPS) is 31.2. The van der Waals surface area contributed by atoms with Crippen LogP contribution in [0.3, 0.4) is 0 Å². The van der Waals surface area contributed by atoms with Crippen LogP contribution in [0.25, 0.3) is 0 Å². The molecule has 0 heterocycles. The fraction of sp³-hybridized carbons (Fsp3) is 1.00. The molecule has 4 nitrogen and oxygen atoms in total. The van der Waals surface area contributed by atoms with Gasteiger partial charge in [-0.05, 0) is 32.2 Å². The molecule has 1 aliphatic rings. The van der Waals surface area contributed by atoms with E-state index in [9.17, 15) is 8.42 Å². The fourth-order valence-corrected chi connectivity index (χ4v) is 3.20. The molecule has 0 radical (unpaired) electrons. The van der Waals surface area contributed by atoms with Gasteiger partial charge in [0.1, 0.15) is 9.84 Å². The zero-order chi connectivity index (χ0) is 12.4. The summed E-state index contributed by atoms with van der Waals surface area (Å²) in [4.78, 5) is 2.15. The minimum Gasteiger partial charge on any atom is -0.329 e.